The fourth-order valence-electron chi connectivity index (χ4n) is 2.23. The van der Waals surface area contributed by atoms with E-state index in [1.54, 1.807) is 30.3 Å². The summed E-state index contributed by atoms with van der Waals surface area (Å²) >= 11 is 0. The summed E-state index contributed by atoms with van der Waals surface area (Å²) in [6, 6.07) is 14.4. The number of rotatable bonds is 7. The number of non-ortho nitro benzene ring substituents is 1. The van der Waals surface area contributed by atoms with Crippen molar-refractivity contribution in [2.75, 3.05) is 17.6 Å². The summed E-state index contributed by atoms with van der Waals surface area (Å²) in [5.41, 5.74) is 1.08. The highest BCUT2D eigenvalue weighted by Gasteiger charge is 2.23. The van der Waals surface area contributed by atoms with E-state index in [4.69, 9.17) is 0 Å². The molecule has 0 atom stereocenters. The third kappa shape index (κ3) is 3.83. The first kappa shape index (κ1) is 17.5. The number of aromatic nitrogens is 4. The lowest BCUT2D eigenvalue weighted by molar-refractivity contribution is -0.384. The van der Waals surface area contributed by atoms with E-state index in [2.05, 4.69) is 20.8 Å². The van der Waals surface area contributed by atoms with Gasteiger partial charge in [-0.2, -0.15) is 4.68 Å². The van der Waals surface area contributed by atoms with E-state index in [9.17, 15) is 18.5 Å². The molecule has 1 N–H and O–H groups in total. The van der Waals surface area contributed by atoms with Crippen LogP contribution in [0.15, 0.2) is 59.8 Å². The first-order chi connectivity index (χ1) is 12.5. The number of nitro groups is 1. The minimum Gasteiger partial charge on any atom is -0.384 e. The van der Waals surface area contributed by atoms with Gasteiger partial charge in [-0.25, -0.2) is 8.42 Å². The minimum atomic E-state index is -3.73. The Kier molecular flexibility index (Phi) is 4.89. The molecule has 3 aromatic rings. The Morgan fingerprint density at radius 3 is 2.42 bits per heavy atom. The van der Waals surface area contributed by atoms with Crippen LogP contribution in [0.4, 0.5) is 11.4 Å². The van der Waals surface area contributed by atoms with Crippen LogP contribution in [0.1, 0.15) is 0 Å². The maximum absolute atomic E-state index is 12.5. The summed E-state index contributed by atoms with van der Waals surface area (Å²) in [7, 11) is -3.73. The van der Waals surface area contributed by atoms with Gasteiger partial charge >= 0.3 is 0 Å². The number of hydrogen-bond donors (Lipinski definition) is 1. The molecular weight excluding hydrogens is 360 g/mol. The Hall–Kier alpha value is -3.34. The van der Waals surface area contributed by atoms with Crippen LogP contribution in [0.25, 0.3) is 5.69 Å². The maximum atomic E-state index is 12.5. The molecule has 134 valence electrons. The zero-order valence-corrected chi connectivity index (χ0v) is 14.2. The topological polar surface area (TPSA) is 133 Å². The molecule has 2 aromatic carbocycles. The zero-order valence-electron chi connectivity index (χ0n) is 13.4. The summed E-state index contributed by atoms with van der Waals surface area (Å²) < 4.78 is 26.2. The highest BCUT2D eigenvalue weighted by molar-refractivity contribution is 7.91. The van der Waals surface area contributed by atoms with Crippen LogP contribution in [0, 0.1) is 10.1 Å². The molecular formula is C15H14N6O4S. The first-order valence-corrected chi connectivity index (χ1v) is 9.17. The van der Waals surface area contributed by atoms with Gasteiger partial charge in [0.2, 0.25) is 9.84 Å². The number of nitro benzene ring substituents is 1. The number of tetrazole rings is 1. The fraction of sp³-hybridized carbons (Fsp3) is 0.133. The van der Waals surface area contributed by atoms with Crippen molar-refractivity contribution in [1.82, 2.24) is 20.2 Å². The number of para-hydroxylation sites is 1. The van der Waals surface area contributed by atoms with Crippen LogP contribution < -0.4 is 5.32 Å². The molecule has 0 amide bonds. The SMILES string of the molecule is O=[N+]([O-])c1ccc(NCCS(=O)(=O)c2nnnn2-c2ccccc2)cc1. The first-order valence-electron chi connectivity index (χ1n) is 7.52. The lowest BCUT2D eigenvalue weighted by Crippen LogP contribution is -2.19. The molecule has 0 radical (unpaired) electrons. The molecule has 1 aromatic heterocycles. The predicted molar refractivity (Wildman–Crippen MR) is 92.8 cm³/mol. The summed E-state index contributed by atoms with van der Waals surface area (Å²) in [6.45, 7) is 0.0990. The minimum absolute atomic E-state index is 0.0368. The second kappa shape index (κ2) is 7.27. The van der Waals surface area contributed by atoms with Crippen LogP contribution >= 0.6 is 0 Å². The van der Waals surface area contributed by atoms with Crippen molar-refractivity contribution >= 4 is 21.2 Å². The zero-order chi connectivity index (χ0) is 18.6. The van der Waals surface area contributed by atoms with Gasteiger partial charge in [-0.05, 0) is 34.7 Å². The number of anilines is 1. The fourth-order valence-corrected chi connectivity index (χ4v) is 3.35. The van der Waals surface area contributed by atoms with E-state index >= 15 is 0 Å². The molecule has 11 heteroatoms. The lowest BCUT2D eigenvalue weighted by atomic mass is 10.3. The van der Waals surface area contributed by atoms with Gasteiger partial charge in [0.1, 0.15) is 0 Å². The summed E-state index contributed by atoms with van der Waals surface area (Å²) in [6.07, 6.45) is 0. The number of nitrogens with zero attached hydrogens (tertiary/aromatic N) is 5. The highest BCUT2D eigenvalue weighted by atomic mass is 32.2. The summed E-state index contributed by atoms with van der Waals surface area (Å²) in [5.74, 6) is -0.239. The van der Waals surface area contributed by atoms with Gasteiger partial charge < -0.3 is 5.32 Å². The van der Waals surface area contributed by atoms with E-state index < -0.39 is 14.8 Å². The summed E-state index contributed by atoms with van der Waals surface area (Å²) in [4.78, 5) is 10.1. The number of nitrogens with one attached hydrogen (secondary N) is 1. The molecule has 0 spiro atoms. The normalized spacial score (nSPS) is 11.2. The van der Waals surface area contributed by atoms with Crippen LogP contribution in [-0.4, -0.2) is 45.8 Å². The molecule has 0 saturated carbocycles. The predicted octanol–water partition coefficient (Wildman–Crippen LogP) is 1.46. The molecule has 1 heterocycles. The van der Waals surface area contributed by atoms with Gasteiger partial charge in [0, 0.05) is 24.4 Å². The standard InChI is InChI=1S/C15H14N6O4S/c22-21(23)14-8-6-12(7-9-14)16-10-11-26(24,25)15-17-18-19-20(15)13-4-2-1-3-5-13/h1-9,16H,10-11H2. The number of sulfone groups is 1. The quantitative estimate of drug-likeness (QED) is 0.485. The Labute approximate surface area is 148 Å². The maximum Gasteiger partial charge on any atom is 0.272 e. The van der Waals surface area contributed by atoms with Crippen LogP contribution in [0.3, 0.4) is 0 Å². The van der Waals surface area contributed by atoms with Crippen LogP contribution in [-0.2, 0) is 9.84 Å². The Morgan fingerprint density at radius 2 is 1.77 bits per heavy atom. The highest BCUT2D eigenvalue weighted by Crippen LogP contribution is 2.16. The molecule has 0 aliphatic carbocycles. The molecule has 0 fully saturated rings. The monoisotopic (exact) mass is 374 g/mol. The van der Waals surface area contributed by atoms with E-state index in [0.717, 1.165) is 0 Å². The van der Waals surface area contributed by atoms with E-state index in [1.165, 1.54) is 28.9 Å². The summed E-state index contributed by atoms with van der Waals surface area (Å²) in [5, 5.41) is 24.1. The van der Waals surface area contributed by atoms with Gasteiger partial charge in [0.15, 0.2) is 0 Å². The smallest absolute Gasteiger partial charge is 0.272 e. The van der Waals surface area contributed by atoms with Crippen molar-refractivity contribution < 1.29 is 13.3 Å². The molecule has 3 rings (SSSR count). The third-order valence-electron chi connectivity index (χ3n) is 3.50. The Balaban J connectivity index is 1.69. The van der Waals surface area contributed by atoms with Crippen molar-refractivity contribution in [2.24, 2.45) is 0 Å². The lowest BCUT2D eigenvalue weighted by Gasteiger charge is -2.07. The van der Waals surface area contributed by atoms with Gasteiger partial charge in [-0.3, -0.25) is 10.1 Å². The van der Waals surface area contributed by atoms with Crippen molar-refractivity contribution in [1.29, 1.82) is 0 Å². The largest absolute Gasteiger partial charge is 0.384 e. The third-order valence-corrected chi connectivity index (χ3v) is 5.05. The van der Waals surface area contributed by atoms with E-state index in [1.807, 2.05) is 0 Å². The second-order valence-electron chi connectivity index (χ2n) is 5.26. The van der Waals surface area contributed by atoms with Crippen LogP contribution in [0.5, 0.6) is 0 Å². The van der Waals surface area contributed by atoms with Gasteiger partial charge in [0.05, 0.1) is 16.4 Å². The van der Waals surface area contributed by atoms with Gasteiger partial charge in [-0.15, -0.1) is 0 Å². The number of benzene rings is 2. The van der Waals surface area contributed by atoms with Gasteiger partial charge in [0.25, 0.3) is 10.8 Å². The van der Waals surface area contributed by atoms with Crippen molar-refractivity contribution in [3.05, 3.63) is 64.7 Å². The molecule has 0 unspecified atom stereocenters. The van der Waals surface area contributed by atoms with Crippen LogP contribution in [0.2, 0.25) is 0 Å². The molecule has 10 nitrogen and oxygen atoms in total. The van der Waals surface area contributed by atoms with Gasteiger partial charge in [-0.1, -0.05) is 23.3 Å². The Morgan fingerprint density at radius 1 is 1.08 bits per heavy atom. The number of hydrogen-bond acceptors (Lipinski definition) is 8. The molecule has 0 saturated heterocycles. The average Bonchev–Trinajstić information content (AvgIpc) is 3.13. The average molecular weight is 374 g/mol. The van der Waals surface area contributed by atoms with E-state index in [0.29, 0.717) is 11.4 Å². The molecule has 0 bridgehead atoms. The van der Waals surface area contributed by atoms with Crippen molar-refractivity contribution in [2.45, 2.75) is 5.16 Å². The Bertz CT molecular complexity index is 1000. The van der Waals surface area contributed by atoms with Crippen molar-refractivity contribution in [3.63, 3.8) is 0 Å². The molecule has 0 aliphatic heterocycles. The molecule has 0 aliphatic rings. The van der Waals surface area contributed by atoms with Crippen molar-refractivity contribution in [3.8, 4) is 5.69 Å². The second-order valence-corrected chi connectivity index (χ2v) is 7.26. The molecule has 26 heavy (non-hydrogen) atoms. The van der Waals surface area contributed by atoms with E-state index in [-0.39, 0.29) is 23.1 Å².